The first-order chi connectivity index (χ1) is 23.2. The summed E-state index contributed by atoms with van der Waals surface area (Å²) in [7, 11) is 0. The first kappa shape index (κ1) is 32.7. The van der Waals surface area contributed by atoms with Gasteiger partial charge in [-0.25, -0.2) is 0 Å². The van der Waals surface area contributed by atoms with E-state index in [0.717, 1.165) is 16.7 Å². The van der Waals surface area contributed by atoms with Gasteiger partial charge in [-0.15, -0.1) is 6.42 Å². The molecule has 0 heteroatoms. The molecule has 0 radical (unpaired) electrons. The summed E-state index contributed by atoms with van der Waals surface area (Å²) in [5.74, 6) is 10.3. The monoisotopic (exact) mass is 614 g/mol. The second-order valence-corrected chi connectivity index (χ2v) is 13.7. The van der Waals surface area contributed by atoms with Crippen LogP contribution in [0.3, 0.4) is 0 Å². The summed E-state index contributed by atoms with van der Waals surface area (Å²) in [5.41, 5.74) is 8.87. The molecule has 0 heterocycles. The fourth-order valence-corrected chi connectivity index (χ4v) is 8.02. The summed E-state index contributed by atoms with van der Waals surface area (Å²) in [6.07, 6.45) is 24.0. The Balaban J connectivity index is 1.41. The van der Waals surface area contributed by atoms with E-state index in [1.807, 2.05) is 0 Å². The van der Waals surface area contributed by atoms with Crippen molar-refractivity contribution < 1.29 is 0 Å². The molecule has 0 spiro atoms. The van der Waals surface area contributed by atoms with Crippen LogP contribution in [0.2, 0.25) is 0 Å². The molecule has 0 atom stereocenters. The molecule has 0 aromatic heterocycles. The SMILES string of the molecule is C#Cc1ccc2c(c1)C(CCCCCCCC)(CCCCCCCC)c1cc(C#Cc3c4ccccc4cc4ccccc34)ccc1-2. The lowest BCUT2D eigenvalue weighted by Gasteiger charge is -2.33. The maximum absolute atomic E-state index is 6.00. The average molecular weight is 615 g/mol. The van der Waals surface area contributed by atoms with Gasteiger partial charge in [0.15, 0.2) is 0 Å². The minimum absolute atomic E-state index is 0.0170. The summed E-state index contributed by atoms with van der Waals surface area (Å²) in [6.45, 7) is 4.60. The van der Waals surface area contributed by atoms with Crippen molar-refractivity contribution in [1.29, 1.82) is 0 Å². The molecular formula is C47H50. The molecule has 6 rings (SSSR count). The predicted molar refractivity (Wildman–Crippen MR) is 204 cm³/mol. The highest BCUT2D eigenvalue weighted by Gasteiger charge is 2.42. The van der Waals surface area contributed by atoms with Gasteiger partial charge in [-0.3, -0.25) is 0 Å². The van der Waals surface area contributed by atoms with Crippen LogP contribution in [-0.4, -0.2) is 0 Å². The molecule has 0 saturated carbocycles. The number of hydrogen-bond donors (Lipinski definition) is 0. The smallest absolute Gasteiger partial charge is 0.0405 e. The molecule has 0 aliphatic heterocycles. The van der Waals surface area contributed by atoms with Crippen LogP contribution in [0.25, 0.3) is 32.7 Å². The molecule has 1 aliphatic rings. The topological polar surface area (TPSA) is 0 Å². The van der Waals surface area contributed by atoms with E-state index >= 15 is 0 Å². The van der Waals surface area contributed by atoms with E-state index in [1.54, 1.807) is 0 Å². The minimum atomic E-state index is -0.0170. The third kappa shape index (κ3) is 7.04. The molecule has 238 valence electrons. The van der Waals surface area contributed by atoms with Crippen molar-refractivity contribution in [3.05, 3.63) is 119 Å². The first-order valence-corrected chi connectivity index (χ1v) is 18.4. The predicted octanol–water partition coefficient (Wildman–Crippen LogP) is 13.1. The molecule has 0 unspecified atom stereocenters. The molecule has 0 bridgehead atoms. The van der Waals surface area contributed by atoms with Gasteiger partial charge in [-0.2, -0.15) is 0 Å². The maximum Gasteiger partial charge on any atom is 0.0405 e. The zero-order chi connectivity index (χ0) is 32.5. The molecule has 1 aliphatic carbocycles. The van der Waals surface area contributed by atoms with E-state index in [-0.39, 0.29) is 5.41 Å². The molecule has 0 N–H and O–H groups in total. The van der Waals surface area contributed by atoms with Crippen LogP contribution in [0.15, 0.2) is 91.0 Å². The van der Waals surface area contributed by atoms with Crippen LogP contribution in [0, 0.1) is 24.2 Å². The van der Waals surface area contributed by atoms with Crippen molar-refractivity contribution in [1.82, 2.24) is 0 Å². The fraction of sp³-hybridized carbons (Fsp3) is 0.362. The van der Waals surface area contributed by atoms with Gasteiger partial charge in [-0.05, 0) is 87.0 Å². The summed E-state index contributed by atoms with van der Waals surface area (Å²) in [6, 6.07) is 33.4. The van der Waals surface area contributed by atoms with E-state index in [9.17, 15) is 0 Å². The van der Waals surface area contributed by atoms with Crippen LogP contribution >= 0.6 is 0 Å². The summed E-state index contributed by atoms with van der Waals surface area (Å²) < 4.78 is 0. The zero-order valence-corrected chi connectivity index (χ0v) is 28.6. The number of rotatable bonds is 14. The Morgan fingerprint density at radius 3 is 1.55 bits per heavy atom. The Kier molecular flexibility index (Phi) is 10.8. The Hall–Kier alpha value is -4.26. The van der Waals surface area contributed by atoms with Gasteiger partial charge >= 0.3 is 0 Å². The van der Waals surface area contributed by atoms with Crippen LogP contribution in [0.5, 0.6) is 0 Å². The minimum Gasteiger partial charge on any atom is -0.115 e. The highest BCUT2D eigenvalue weighted by Crippen LogP contribution is 2.54. The van der Waals surface area contributed by atoms with Gasteiger partial charge < -0.3 is 0 Å². The number of terminal acetylenes is 1. The Bertz CT molecular complexity index is 1870. The molecule has 0 saturated heterocycles. The van der Waals surface area contributed by atoms with Crippen LogP contribution < -0.4 is 0 Å². The van der Waals surface area contributed by atoms with Gasteiger partial charge in [0.25, 0.3) is 0 Å². The van der Waals surface area contributed by atoms with E-state index in [2.05, 4.69) is 123 Å². The van der Waals surface area contributed by atoms with Crippen molar-refractivity contribution in [2.24, 2.45) is 0 Å². The Labute approximate surface area is 284 Å². The van der Waals surface area contributed by atoms with Gasteiger partial charge in [0.1, 0.15) is 0 Å². The van der Waals surface area contributed by atoms with Gasteiger partial charge in [0.05, 0.1) is 0 Å². The maximum atomic E-state index is 6.00. The Morgan fingerprint density at radius 2 is 1.00 bits per heavy atom. The van der Waals surface area contributed by atoms with E-state index in [0.29, 0.717) is 0 Å². The third-order valence-electron chi connectivity index (χ3n) is 10.5. The molecule has 0 fully saturated rings. The van der Waals surface area contributed by atoms with Gasteiger partial charge in [-0.1, -0.05) is 169 Å². The highest BCUT2D eigenvalue weighted by atomic mass is 14.4. The molecular weight excluding hydrogens is 565 g/mol. The van der Waals surface area contributed by atoms with Crippen LogP contribution in [0.4, 0.5) is 0 Å². The molecule has 0 amide bonds. The molecule has 0 nitrogen and oxygen atoms in total. The summed E-state index contributed by atoms with van der Waals surface area (Å²) in [4.78, 5) is 0. The number of unbranched alkanes of at least 4 members (excludes halogenated alkanes) is 10. The number of hydrogen-bond acceptors (Lipinski definition) is 0. The first-order valence-electron chi connectivity index (χ1n) is 18.4. The Morgan fingerprint density at radius 1 is 0.511 bits per heavy atom. The summed E-state index contributed by atoms with van der Waals surface area (Å²) in [5, 5.41) is 4.91. The molecule has 5 aromatic carbocycles. The van der Waals surface area contributed by atoms with Crippen molar-refractivity contribution in [2.45, 2.75) is 109 Å². The third-order valence-corrected chi connectivity index (χ3v) is 10.5. The fourth-order valence-electron chi connectivity index (χ4n) is 8.02. The van der Waals surface area contributed by atoms with Gasteiger partial charge in [0.2, 0.25) is 0 Å². The summed E-state index contributed by atoms with van der Waals surface area (Å²) >= 11 is 0. The number of fused-ring (bicyclic) bond motifs is 5. The average Bonchev–Trinajstić information content (AvgIpc) is 3.37. The second-order valence-electron chi connectivity index (χ2n) is 13.7. The highest BCUT2D eigenvalue weighted by molar-refractivity contribution is 6.04. The standard InChI is InChI=1S/C47H50/c1-4-7-9-11-13-19-31-47(32-20-14-12-10-8-5-2)45-33-36(6-3)25-29-43(45)44-30-27-37(34-46(44)47)26-28-42-40-23-17-15-21-38(40)35-39-22-16-18-24-41(39)42/h3,15-18,21-25,27,29-30,33-35H,4-5,7-14,19-20,31-32H2,1-2H3. The molecule has 5 aromatic rings. The van der Waals surface area contributed by atoms with Gasteiger partial charge in [0, 0.05) is 22.1 Å². The lowest BCUT2D eigenvalue weighted by Crippen LogP contribution is -2.26. The quantitative estimate of drug-likeness (QED) is 0.0663. The van der Waals surface area contributed by atoms with E-state index in [1.165, 1.54) is 134 Å². The second kappa shape index (κ2) is 15.6. The zero-order valence-electron chi connectivity index (χ0n) is 28.6. The normalized spacial score (nSPS) is 12.8. The number of benzene rings is 5. The van der Waals surface area contributed by atoms with Crippen molar-refractivity contribution in [2.75, 3.05) is 0 Å². The van der Waals surface area contributed by atoms with Crippen molar-refractivity contribution >= 4 is 21.5 Å². The van der Waals surface area contributed by atoms with Crippen molar-refractivity contribution in [3.8, 4) is 35.3 Å². The van der Waals surface area contributed by atoms with Crippen LogP contribution in [0.1, 0.15) is 132 Å². The van der Waals surface area contributed by atoms with Crippen molar-refractivity contribution in [3.63, 3.8) is 0 Å². The molecule has 47 heavy (non-hydrogen) atoms. The van der Waals surface area contributed by atoms with E-state index < -0.39 is 0 Å². The van der Waals surface area contributed by atoms with E-state index in [4.69, 9.17) is 6.42 Å². The largest absolute Gasteiger partial charge is 0.115 e. The lowest BCUT2D eigenvalue weighted by molar-refractivity contribution is 0.397. The van der Waals surface area contributed by atoms with Crippen LogP contribution in [-0.2, 0) is 5.41 Å². The lowest BCUT2D eigenvalue weighted by atomic mass is 9.70.